The highest BCUT2D eigenvalue weighted by Gasteiger charge is 2.20. The average Bonchev–Trinajstić information content (AvgIpc) is 3.16. The zero-order valence-electron chi connectivity index (χ0n) is 11.5. The van der Waals surface area contributed by atoms with Gasteiger partial charge in [-0.15, -0.1) is 11.3 Å². The van der Waals surface area contributed by atoms with Crippen LogP contribution in [0.15, 0.2) is 30.3 Å². The molecule has 1 heterocycles. The lowest BCUT2D eigenvalue weighted by Gasteiger charge is -2.06. The molecule has 20 heavy (non-hydrogen) atoms. The third kappa shape index (κ3) is 3.58. The normalized spacial score (nSPS) is 14.5. The summed E-state index contributed by atoms with van der Waals surface area (Å²) in [6, 6.07) is 9.82. The summed E-state index contributed by atoms with van der Waals surface area (Å²) in [5.41, 5.74) is 1.00. The van der Waals surface area contributed by atoms with E-state index in [2.05, 4.69) is 17.4 Å². The van der Waals surface area contributed by atoms with E-state index in [4.69, 9.17) is 4.74 Å². The number of benzene rings is 1. The van der Waals surface area contributed by atoms with Crippen molar-refractivity contribution >= 4 is 11.3 Å². The molecule has 106 valence electrons. The second-order valence-electron chi connectivity index (χ2n) is 5.25. The Balaban J connectivity index is 1.55. The fraction of sp³-hybridized carbons (Fsp3) is 0.375. The van der Waals surface area contributed by atoms with Gasteiger partial charge in [0.05, 0.1) is 0 Å². The predicted molar refractivity (Wildman–Crippen MR) is 79.6 cm³/mol. The first-order valence-electron chi connectivity index (χ1n) is 6.90. The standard InChI is InChI=1S/C16H18FNOS/c1-11-2-7-15(17)16(8-11)19-10-14-6-5-13(20-14)9-18-12-3-4-12/h2,5-8,12,18H,3-4,9-10H2,1H3. The SMILES string of the molecule is Cc1ccc(F)c(OCc2ccc(CNC3CC3)s2)c1. The van der Waals surface area contributed by atoms with Gasteiger partial charge in [0, 0.05) is 22.3 Å². The van der Waals surface area contributed by atoms with Crippen LogP contribution in [0.3, 0.4) is 0 Å². The van der Waals surface area contributed by atoms with Crippen LogP contribution in [0.2, 0.25) is 0 Å². The molecule has 1 saturated carbocycles. The lowest BCUT2D eigenvalue weighted by molar-refractivity contribution is 0.293. The second kappa shape index (κ2) is 5.94. The van der Waals surface area contributed by atoms with E-state index in [1.54, 1.807) is 23.5 Å². The topological polar surface area (TPSA) is 21.3 Å². The van der Waals surface area contributed by atoms with Crippen molar-refractivity contribution in [2.45, 2.75) is 39.0 Å². The molecule has 2 nitrogen and oxygen atoms in total. The molecule has 1 fully saturated rings. The molecule has 1 aliphatic rings. The van der Waals surface area contributed by atoms with Crippen molar-refractivity contribution in [2.75, 3.05) is 0 Å². The van der Waals surface area contributed by atoms with Gasteiger partial charge in [-0.1, -0.05) is 6.07 Å². The number of ether oxygens (including phenoxy) is 1. The molecule has 3 rings (SSSR count). The molecule has 0 saturated heterocycles. The summed E-state index contributed by atoms with van der Waals surface area (Å²) >= 11 is 1.72. The Hall–Kier alpha value is -1.39. The van der Waals surface area contributed by atoms with Gasteiger partial charge in [0.25, 0.3) is 0 Å². The van der Waals surface area contributed by atoms with Crippen LogP contribution in [0.4, 0.5) is 4.39 Å². The van der Waals surface area contributed by atoms with Crippen molar-refractivity contribution in [1.82, 2.24) is 5.32 Å². The Morgan fingerprint density at radius 1 is 1.25 bits per heavy atom. The van der Waals surface area contributed by atoms with Crippen LogP contribution in [0.5, 0.6) is 5.75 Å². The van der Waals surface area contributed by atoms with E-state index in [-0.39, 0.29) is 5.82 Å². The Morgan fingerprint density at radius 3 is 2.85 bits per heavy atom. The largest absolute Gasteiger partial charge is 0.485 e. The van der Waals surface area contributed by atoms with Gasteiger partial charge in [-0.05, 0) is 49.6 Å². The van der Waals surface area contributed by atoms with Gasteiger partial charge in [0.15, 0.2) is 11.6 Å². The van der Waals surface area contributed by atoms with Crippen molar-refractivity contribution < 1.29 is 9.13 Å². The summed E-state index contributed by atoms with van der Waals surface area (Å²) in [6.45, 7) is 3.28. The van der Waals surface area contributed by atoms with E-state index < -0.39 is 0 Å². The molecule has 1 aromatic carbocycles. The van der Waals surface area contributed by atoms with Gasteiger partial charge < -0.3 is 10.1 Å². The molecule has 0 unspecified atom stereocenters. The summed E-state index contributed by atoms with van der Waals surface area (Å²) in [7, 11) is 0. The summed E-state index contributed by atoms with van der Waals surface area (Å²) in [5.74, 6) is 0.0267. The van der Waals surface area contributed by atoms with Crippen LogP contribution in [0, 0.1) is 12.7 Å². The minimum atomic E-state index is -0.303. The second-order valence-corrected chi connectivity index (χ2v) is 6.50. The maximum Gasteiger partial charge on any atom is 0.165 e. The van der Waals surface area contributed by atoms with Crippen molar-refractivity contribution in [3.05, 3.63) is 51.5 Å². The highest BCUT2D eigenvalue weighted by molar-refractivity contribution is 7.11. The summed E-state index contributed by atoms with van der Waals surface area (Å²) in [5, 5.41) is 3.49. The first kappa shape index (κ1) is 13.6. The van der Waals surface area contributed by atoms with Crippen molar-refractivity contribution in [1.29, 1.82) is 0 Å². The van der Waals surface area contributed by atoms with E-state index >= 15 is 0 Å². The van der Waals surface area contributed by atoms with Crippen molar-refractivity contribution in [2.24, 2.45) is 0 Å². The van der Waals surface area contributed by atoms with Crippen LogP contribution < -0.4 is 10.1 Å². The number of hydrogen-bond donors (Lipinski definition) is 1. The van der Waals surface area contributed by atoms with E-state index in [1.807, 2.05) is 6.92 Å². The van der Waals surface area contributed by atoms with Gasteiger partial charge in [-0.2, -0.15) is 0 Å². The van der Waals surface area contributed by atoms with Gasteiger partial charge in [-0.25, -0.2) is 4.39 Å². The summed E-state index contributed by atoms with van der Waals surface area (Å²) in [6.07, 6.45) is 2.60. The molecular formula is C16H18FNOS. The number of thiophene rings is 1. The molecule has 0 aliphatic heterocycles. The Bertz CT molecular complexity index is 592. The third-order valence-corrected chi connectivity index (χ3v) is 4.37. The monoisotopic (exact) mass is 291 g/mol. The lowest BCUT2D eigenvalue weighted by atomic mass is 10.2. The van der Waals surface area contributed by atoms with Crippen LogP contribution in [0.25, 0.3) is 0 Å². The van der Waals surface area contributed by atoms with Crippen molar-refractivity contribution in [3.8, 4) is 5.75 Å². The molecule has 0 atom stereocenters. The highest BCUT2D eigenvalue weighted by atomic mass is 32.1. The van der Waals surface area contributed by atoms with E-state index in [0.717, 1.165) is 23.0 Å². The van der Waals surface area contributed by atoms with Gasteiger partial charge in [-0.3, -0.25) is 0 Å². The molecule has 0 amide bonds. The van der Waals surface area contributed by atoms with Gasteiger partial charge in [0.1, 0.15) is 6.61 Å². The lowest BCUT2D eigenvalue weighted by Crippen LogP contribution is -2.14. The minimum Gasteiger partial charge on any atom is -0.485 e. The first-order chi connectivity index (χ1) is 9.70. The molecular weight excluding hydrogens is 273 g/mol. The number of rotatable bonds is 6. The summed E-state index contributed by atoms with van der Waals surface area (Å²) in [4.78, 5) is 2.43. The maximum atomic E-state index is 13.6. The fourth-order valence-electron chi connectivity index (χ4n) is 2.00. The van der Waals surface area contributed by atoms with Gasteiger partial charge in [0.2, 0.25) is 0 Å². The number of hydrogen-bond acceptors (Lipinski definition) is 3. The summed E-state index contributed by atoms with van der Waals surface area (Å²) < 4.78 is 19.1. The molecule has 1 aliphatic carbocycles. The van der Waals surface area contributed by atoms with E-state index in [9.17, 15) is 4.39 Å². The van der Waals surface area contributed by atoms with E-state index in [0.29, 0.717) is 12.4 Å². The highest BCUT2D eigenvalue weighted by Crippen LogP contribution is 2.24. The Morgan fingerprint density at radius 2 is 2.05 bits per heavy atom. The fourth-order valence-corrected chi connectivity index (χ4v) is 2.88. The van der Waals surface area contributed by atoms with Crippen LogP contribution >= 0.6 is 11.3 Å². The first-order valence-corrected chi connectivity index (χ1v) is 7.72. The number of nitrogens with one attached hydrogen (secondary N) is 1. The number of aryl methyl sites for hydroxylation is 1. The quantitative estimate of drug-likeness (QED) is 0.867. The molecule has 2 aromatic rings. The number of halogens is 1. The van der Waals surface area contributed by atoms with Crippen molar-refractivity contribution in [3.63, 3.8) is 0 Å². The zero-order chi connectivity index (χ0) is 13.9. The molecule has 0 bridgehead atoms. The Kier molecular flexibility index (Phi) is 4.03. The molecule has 1 aromatic heterocycles. The third-order valence-electron chi connectivity index (χ3n) is 3.32. The van der Waals surface area contributed by atoms with E-state index in [1.165, 1.54) is 23.8 Å². The molecule has 0 spiro atoms. The smallest absolute Gasteiger partial charge is 0.165 e. The predicted octanol–water partition coefficient (Wildman–Crippen LogP) is 4.03. The molecule has 1 N–H and O–H groups in total. The van der Waals surface area contributed by atoms with Crippen LogP contribution in [0.1, 0.15) is 28.2 Å². The van der Waals surface area contributed by atoms with Crippen LogP contribution in [-0.2, 0) is 13.2 Å². The zero-order valence-corrected chi connectivity index (χ0v) is 12.3. The van der Waals surface area contributed by atoms with Gasteiger partial charge >= 0.3 is 0 Å². The maximum absolute atomic E-state index is 13.6. The van der Waals surface area contributed by atoms with Crippen LogP contribution in [-0.4, -0.2) is 6.04 Å². The molecule has 0 radical (unpaired) electrons. The minimum absolute atomic E-state index is 0.303. The molecule has 4 heteroatoms. The Labute approximate surface area is 122 Å². The average molecular weight is 291 g/mol.